The van der Waals surface area contributed by atoms with Crippen LogP contribution in [0.3, 0.4) is 0 Å². The second kappa shape index (κ2) is 5.14. The van der Waals surface area contributed by atoms with Gasteiger partial charge in [-0.1, -0.05) is 0 Å². The zero-order valence-corrected chi connectivity index (χ0v) is 8.23. The lowest BCUT2D eigenvalue weighted by molar-refractivity contribution is 0.190. The van der Waals surface area contributed by atoms with Gasteiger partial charge in [0, 0.05) is 24.7 Å². The van der Waals surface area contributed by atoms with Gasteiger partial charge in [-0.2, -0.15) is 0 Å². The zero-order valence-electron chi connectivity index (χ0n) is 8.23. The first-order chi connectivity index (χ1) is 7.00. The maximum atomic E-state index is 13.0. The molecule has 0 aromatic heterocycles. The number of hydrogen-bond acceptors (Lipinski definition) is 2. The van der Waals surface area contributed by atoms with Crippen LogP contribution in [0.4, 0.5) is 13.2 Å². The average Bonchev–Trinajstić information content (AvgIpc) is 2.13. The number of benzene rings is 1. The minimum absolute atomic E-state index is 0.0366. The molecule has 0 fully saturated rings. The topological polar surface area (TPSA) is 32.3 Å². The third-order valence-electron chi connectivity index (χ3n) is 1.84. The van der Waals surface area contributed by atoms with Crippen molar-refractivity contribution < 1.29 is 18.3 Å². The van der Waals surface area contributed by atoms with Crippen LogP contribution in [0.2, 0.25) is 0 Å². The van der Waals surface area contributed by atoms with Crippen LogP contribution >= 0.6 is 0 Å². The molecule has 1 atom stereocenters. The summed E-state index contributed by atoms with van der Waals surface area (Å²) in [6, 6.07) is 1.31. The first-order valence-electron chi connectivity index (χ1n) is 4.53. The highest BCUT2D eigenvalue weighted by atomic mass is 19.2. The third kappa shape index (κ3) is 3.53. The number of aliphatic hydroxyl groups is 1. The Morgan fingerprint density at radius 1 is 1.20 bits per heavy atom. The van der Waals surface area contributed by atoms with Gasteiger partial charge in [-0.3, -0.25) is 0 Å². The minimum Gasteiger partial charge on any atom is -0.392 e. The molecule has 0 radical (unpaired) electrons. The van der Waals surface area contributed by atoms with Gasteiger partial charge in [-0.25, -0.2) is 13.2 Å². The molecule has 2 N–H and O–H groups in total. The molecule has 0 unspecified atom stereocenters. The van der Waals surface area contributed by atoms with Crippen LogP contribution in [-0.2, 0) is 6.54 Å². The van der Waals surface area contributed by atoms with E-state index < -0.39 is 23.6 Å². The van der Waals surface area contributed by atoms with Crippen LogP contribution < -0.4 is 5.32 Å². The summed E-state index contributed by atoms with van der Waals surface area (Å²) >= 11 is 0. The molecule has 0 bridgehead atoms. The molecule has 5 heteroatoms. The standard InChI is InChI=1S/C10H12F3NO/c1-6(15)4-14-5-7-2-9(12)10(13)3-8(7)11/h2-3,6,14-15H,4-5H2,1H3/t6-/m1/s1. The van der Waals surface area contributed by atoms with E-state index >= 15 is 0 Å². The van der Waals surface area contributed by atoms with Crippen molar-refractivity contribution in [2.75, 3.05) is 6.54 Å². The molecule has 84 valence electrons. The van der Waals surface area contributed by atoms with Gasteiger partial charge in [0.25, 0.3) is 0 Å². The first-order valence-corrected chi connectivity index (χ1v) is 4.53. The van der Waals surface area contributed by atoms with Crippen LogP contribution in [-0.4, -0.2) is 17.8 Å². The summed E-state index contributed by atoms with van der Waals surface area (Å²) < 4.78 is 38.3. The summed E-state index contributed by atoms with van der Waals surface area (Å²) in [6.07, 6.45) is -0.571. The number of aliphatic hydroxyl groups excluding tert-OH is 1. The van der Waals surface area contributed by atoms with Crippen LogP contribution in [0.1, 0.15) is 12.5 Å². The predicted molar refractivity (Wildman–Crippen MR) is 49.7 cm³/mol. The van der Waals surface area contributed by atoms with Crippen molar-refractivity contribution >= 4 is 0 Å². The lowest BCUT2D eigenvalue weighted by atomic mass is 10.2. The van der Waals surface area contributed by atoms with E-state index in [4.69, 9.17) is 5.11 Å². The van der Waals surface area contributed by atoms with Crippen molar-refractivity contribution in [1.82, 2.24) is 5.32 Å². The third-order valence-corrected chi connectivity index (χ3v) is 1.84. The molecular weight excluding hydrogens is 207 g/mol. The smallest absolute Gasteiger partial charge is 0.161 e. The maximum Gasteiger partial charge on any atom is 0.161 e. The highest BCUT2D eigenvalue weighted by Gasteiger charge is 2.09. The maximum absolute atomic E-state index is 13.0. The second-order valence-electron chi connectivity index (χ2n) is 3.34. The number of rotatable bonds is 4. The van der Waals surface area contributed by atoms with E-state index in [-0.39, 0.29) is 18.7 Å². The summed E-state index contributed by atoms with van der Waals surface area (Å²) in [5.74, 6) is -3.08. The van der Waals surface area contributed by atoms with Crippen LogP contribution in [0.15, 0.2) is 12.1 Å². The Kier molecular flexibility index (Phi) is 4.11. The van der Waals surface area contributed by atoms with Crippen molar-refractivity contribution in [2.45, 2.75) is 19.6 Å². The van der Waals surface area contributed by atoms with E-state index in [1.807, 2.05) is 0 Å². The van der Waals surface area contributed by atoms with Crippen molar-refractivity contribution in [2.24, 2.45) is 0 Å². The van der Waals surface area contributed by atoms with Crippen LogP contribution in [0.5, 0.6) is 0 Å². The Morgan fingerprint density at radius 2 is 1.80 bits per heavy atom. The van der Waals surface area contributed by atoms with E-state index in [9.17, 15) is 13.2 Å². The molecule has 0 saturated heterocycles. The van der Waals surface area contributed by atoms with E-state index in [2.05, 4.69) is 5.32 Å². The Balaban J connectivity index is 2.65. The molecule has 1 aromatic rings. The highest BCUT2D eigenvalue weighted by molar-refractivity contribution is 5.19. The molecule has 0 heterocycles. The van der Waals surface area contributed by atoms with Crippen molar-refractivity contribution in [3.8, 4) is 0 Å². The molecule has 2 nitrogen and oxygen atoms in total. The molecule has 0 aliphatic heterocycles. The highest BCUT2D eigenvalue weighted by Crippen LogP contribution is 2.13. The summed E-state index contributed by atoms with van der Waals surface area (Å²) in [4.78, 5) is 0. The largest absolute Gasteiger partial charge is 0.392 e. The molecule has 0 aliphatic carbocycles. The lowest BCUT2D eigenvalue weighted by Gasteiger charge is -2.08. The minimum atomic E-state index is -1.20. The summed E-state index contributed by atoms with van der Waals surface area (Å²) in [5.41, 5.74) is 0.0366. The quantitative estimate of drug-likeness (QED) is 0.753. The summed E-state index contributed by atoms with van der Waals surface area (Å²) in [7, 11) is 0. The molecular formula is C10H12F3NO. The van der Waals surface area contributed by atoms with E-state index in [0.717, 1.165) is 6.07 Å². The second-order valence-corrected chi connectivity index (χ2v) is 3.34. The Morgan fingerprint density at radius 3 is 2.40 bits per heavy atom. The molecule has 1 rings (SSSR count). The normalized spacial score (nSPS) is 12.9. The van der Waals surface area contributed by atoms with Gasteiger partial charge in [0.1, 0.15) is 5.82 Å². The lowest BCUT2D eigenvalue weighted by Crippen LogP contribution is -2.24. The number of nitrogens with one attached hydrogen (secondary N) is 1. The van der Waals surface area contributed by atoms with Crippen LogP contribution in [0, 0.1) is 17.5 Å². The monoisotopic (exact) mass is 219 g/mol. The predicted octanol–water partition coefficient (Wildman–Crippen LogP) is 1.57. The molecule has 15 heavy (non-hydrogen) atoms. The number of halogens is 3. The Labute approximate surface area is 85.7 Å². The Hall–Kier alpha value is -1.07. The van der Waals surface area contributed by atoms with Gasteiger partial charge in [0.2, 0.25) is 0 Å². The molecule has 0 saturated carbocycles. The van der Waals surface area contributed by atoms with Gasteiger partial charge >= 0.3 is 0 Å². The average molecular weight is 219 g/mol. The Bertz CT molecular complexity index is 342. The zero-order chi connectivity index (χ0) is 11.4. The van der Waals surface area contributed by atoms with E-state index in [0.29, 0.717) is 6.07 Å². The number of hydrogen-bond donors (Lipinski definition) is 2. The summed E-state index contributed by atoms with van der Waals surface area (Å²) in [6.45, 7) is 1.88. The van der Waals surface area contributed by atoms with Gasteiger partial charge < -0.3 is 10.4 Å². The molecule has 0 amide bonds. The van der Waals surface area contributed by atoms with Crippen LogP contribution in [0.25, 0.3) is 0 Å². The van der Waals surface area contributed by atoms with Crippen molar-refractivity contribution in [3.63, 3.8) is 0 Å². The van der Waals surface area contributed by atoms with Gasteiger partial charge in [-0.05, 0) is 13.0 Å². The van der Waals surface area contributed by atoms with E-state index in [1.54, 1.807) is 6.92 Å². The van der Waals surface area contributed by atoms with Gasteiger partial charge in [0.05, 0.1) is 6.10 Å². The fraction of sp³-hybridized carbons (Fsp3) is 0.400. The first kappa shape index (κ1) is 12.0. The molecule has 0 aliphatic rings. The van der Waals surface area contributed by atoms with Gasteiger partial charge in [0.15, 0.2) is 11.6 Å². The SMILES string of the molecule is C[C@@H](O)CNCc1cc(F)c(F)cc1F. The van der Waals surface area contributed by atoms with Gasteiger partial charge in [-0.15, -0.1) is 0 Å². The molecule has 1 aromatic carbocycles. The fourth-order valence-corrected chi connectivity index (χ4v) is 1.11. The molecule has 0 spiro atoms. The van der Waals surface area contributed by atoms with Crippen molar-refractivity contribution in [3.05, 3.63) is 35.1 Å². The van der Waals surface area contributed by atoms with E-state index in [1.165, 1.54) is 0 Å². The van der Waals surface area contributed by atoms with Crippen molar-refractivity contribution in [1.29, 1.82) is 0 Å². The fourth-order valence-electron chi connectivity index (χ4n) is 1.11. The summed E-state index contributed by atoms with van der Waals surface area (Å²) in [5, 5.41) is 11.6.